The second kappa shape index (κ2) is 5.42. The van der Waals surface area contributed by atoms with Gasteiger partial charge in [0.05, 0.1) is 6.54 Å². The SMILES string of the molecule is NC(=S)c1cccc(C(=O)NCc2ncc[nH]2)c1. The quantitative estimate of drug-likeness (QED) is 0.715. The van der Waals surface area contributed by atoms with Gasteiger partial charge in [-0.15, -0.1) is 0 Å². The Balaban J connectivity index is 2.04. The third-order valence-corrected chi connectivity index (χ3v) is 2.62. The third kappa shape index (κ3) is 2.92. The Bertz CT molecular complexity index is 565. The zero-order chi connectivity index (χ0) is 13.0. The van der Waals surface area contributed by atoms with Gasteiger partial charge in [-0.25, -0.2) is 4.98 Å². The highest BCUT2D eigenvalue weighted by molar-refractivity contribution is 7.80. The van der Waals surface area contributed by atoms with E-state index in [1.807, 2.05) is 0 Å². The number of amides is 1. The summed E-state index contributed by atoms with van der Waals surface area (Å²) < 4.78 is 0. The van der Waals surface area contributed by atoms with Crippen LogP contribution >= 0.6 is 12.2 Å². The minimum atomic E-state index is -0.190. The number of nitrogens with one attached hydrogen (secondary N) is 2. The number of rotatable bonds is 4. The Hall–Kier alpha value is -2.21. The molecule has 0 radical (unpaired) electrons. The third-order valence-electron chi connectivity index (χ3n) is 2.38. The molecule has 18 heavy (non-hydrogen) atoms. The number of nitrogens with zero attached hydrogens (tertiary/aromatic N) is 1. The Morgan fingerprint density at radius 1 is 1.44 bits per heavy atom. The number of aromatic nitrogens is 2. The van der Waals surface area contributed by atoms with E-state index in [4.69, 9.17) is 18.0 Å². The van der Waals surface area contributed by atoms with Crippen LogP contribution in [0.25, 0.3) is 0 Å². The summed E-state index contributed by atoms with van der Waals surface area (Å²) in [6.45, 7) is 0.350. The van der Waals surface area contributed by atoms with Gasteiger partial charge in [0.25, 0.3) is 5.91 Å². The van der Waals surface area contributed by atoms with Crippen LogP contribution in [-0.4, -0.2) is 20.9 Å². The van der Waals surface area contributed by atoms with Gasteiger partial charge < -0.3 is 16.0 Å². The van der Waals surface area contributed by atoms with E-state index in [1.165, 1.54) is 0 Å². The molecule has 2 aromatic rings. The first kappa shape index (κ1) is 12.3. The van der Waals surface area contributed by atoms with E-state index in [0.29, 0.717) is 23.5 Å². The van der Waals surface area contributed by atoms with E-state index in [2.05, 4.69) is 15.3 Å². The van der Waals surface area contributed by atoms with Gasteiger partial charge in [0.1, 0.15) is 10.8 Å². The molecule has 1 amide bonds. The van der Waals surface area contributed by atoms with Crippen molar-refractivity contribution < 1.29 is 4.79 Å². The molecule has 6 heteroatoms. The fourth-order valence-corrected chi connectivity index (χ4v) is 1.60. The number of hydrogen-bond acceptors (Lipinski definition) is 3. The van der Waals surface area contributed by atoms with Crippen LogP contribution in [0, 0.1) is 0 Å². The summed E-state index contributed by atoms with van der Waals surface area (Å²) in [5.41, 5.74) is 6.72. The normalized spacial score (nSPS) is 10.0. The van der Waals surface area contributed by atoms with Gasteiger partial charge in [0, 0.05) is 23.5 Å². The summed E-state index contributed by atoms with van der Waals surface area (Å²) in [6, 6.07) is 6.89. The van der Waals surface area contributed by atoms with Gasteiger partial charge in [-0.2, -0.15) is 0 Å². The van der Waals surface area contributed by atoms with Crippen molar-refractivity contribution in [3.8, 4) is 0 Å². The van der Waals surface area contributed by atoms with E-state index in [9.17, 15) is 4.79 Å². The van der Waals surface area contributed by atoms with Gasteiger partial charge in [-0.05, 0) is 12.1 Å². The molecule has 5 nitrogen and oxygen atoms in total. The van der Waals surface area contributed by atoms with Crippen LogP contribution in [0.2, 0.25) is 0 Å². The highest BCUT2D eigenvalue weighted by Crippen LogP contribution is 2.05. The fourth-order valence-electron chi connectivity index (χ4n) is 1.47. The maximum absolute atomic E-state index is 11.9. The molecule has 1 aromatic carbocycles. The van der Waals surface area contributed by atoms with Gasteiger partial charge in [0.2, 0.25) is 0 Å². The van der Waals surface area contributed by atoms with Crippen molar-refractivity contribution in [3.63, 3.8) is 0 Å². The molecule has 92 valence electrons. The number of carbonyl (C=O) groups is 1. The lowest BCUT2D eigenvalue weighted by Crippen LogP contribution is -2.23. The molecule has 0 aliphatic rings. The first-order chi connectivity index (χ1) is 8.66. The lowest BCUT2D eigenvalue weighted by atomic mass is 10.1. The molecule has 0 aliphatic carbocycles. The lowest BCUT2D eigenvalue weighted by Gasteiger charge is -2.05. The highest BCUT2D eigenvalue weighted by Gasteiger charge is 2.07. The first-order valence-electron chi connectivity index (χ1n) is 5.33. The van der Waals surface area contributed by atoms with Crippen molar-refractivity contribution in [2.45, 2.75) is 6.54 Å². The number of carbonyl (C=O) groups excluding carboxylic acids is 1. The molecule has 0 fully saturated rings. The van der Waals surface area contributed by atoms with Crippen LogP contribution in [-0.2, 0) is 6.54 Å². The molecule has 4 N–H and O–H groups in total. The maximum atomic E-state index is 11.9. The van der Waals surface area contributed by atoms with Gasteiger partial charge in [-0.1, -0.05) is 24.4 Å². The van der Waals surface area contributed by atoms with Crippen molar-refractivity contribution >= 4 is 23.1 Å². The molecule has 0 saturated heterocycles. The zero-order valence-corrected chi connectivity index (χ0v) is 10.3. The fraction of sp³-hybridized carbons (Fsp3) is 0.0833. The van der Waals surface area contributed by atoms with Crippen LogP contribution in [0.4, 0.5) is 0 Å². The average molecular weight is 260 g/mol. The Labute approximate surface area is 109 Å². The summed E-state index contributed by atoms with van der Waals surface area (Å²) in [6.07, 6.45) is 3.34. The van der Waals surface area contributed by atoms with Crippen LogP contribution in [0.5, 0.6) is 0 Å². The molecule has 0 bridgehead atoms. The minimum absolute atomic E-state index is 0.190. The second-order valence-corrected chi connectivity index (χ2v) is 4.10. The van der Waals surface area contributed by atoms with Crippen LogP contribution in [0.3, 0.4) is 0 Å². The summed E-state index contributed by atoms with van der Waals surface area (Å²) in [5.74, 6) is 0.512. The molecular weight excluding hydrogens is 248 g/mol. The highest BCUT2D eigenvalue weighted by atomic mass is 32.1. The predicted molar refractivity (Wildman–Crippen MR) is 72.1 cm³/mol. The lowest BCUT2D eigenvalue weighted by molar-refractivity contribution is 0.0950. The zero-order valence-electron chi connectivity index (χ0n) is 9.51. The van der Waals surface area contributed by atoms with E-state index in [0.717, 1.165) is 0 Å². The second-order valence-electron chi connectivity index (χ2n) is 3.66. The topological polar surface area (TPSA) is 83.8 Å². The predicted octanol–water partition coefficient (Wildman–Crippen LogP) is 0.974. The molecule has 2 rings (SSSR count). The maximum Gasteiger partial charge on any atom is 0.251 e. The van der Waals surface area contributed by atoms with Crippen molar-refractivity contribution in [2.75, 3.05) is 0 Å². The van der Waals surface area contributed by atoms with E-state index < -0.39 is 0 Å². The number of H-pyrrole nitrogens is 1. The molecule has 0 saturated carbocycles. The molecule has 1 heterocycles. The average Bonchev–Trinajstić information content (AvgIpc) is 2.89. The van der Waals surface area contributed by atoms with E-state index in [-0.39, 0.29) is 10.9 Å². The Kier molecular flexibility index (Phi) is 3.69. The molecule has 0 atom stereocenters. The van der Waals surface area contributed by atoms with E-state index >= 15 is 0 Å². The molecule has 1 aromatic heterocycles. The van der Waals surface area contributed by atoms with Gasteiger partial charge >= 0.3 is 0 Å². The van der Waals surface area contributed by atoms with Crippen molar-refractivity contribution in [3.05, 3.63) is 53.6 Å². The van der Waals surface area contributed by atoms with Gasteiger partial charge in [-0.3, -0.25) is 4.79 Å². The van der Waals surface area contributed by atoms with Crippen LogP contribution < -0.4 is 11.1 Å². The van der Waals surface area contributed by atoms with Crippen LogP contribution in [0.15, 0.2) is 36.7 Å². The summed E-state index contributed by atoms with van der Waals surface area (Å²) in [4.78, 5) is 19.1. The molecule has 0 unspecified atom stereocenters. The number of benzene rings is 1. The molecule has 0 spiro atoms. The van der Waals surface area contributed by atoms with Crippen molar-refractivity contribution in [2.24, 2.45) is 5.73 Å². The smallest absolute Gasteiger partial charge is 0.251 e. The minimum Gasteiger partial charge on any atom is -0.389 e. The largest absolute Gasteiger partial charge is 0.389 e. The Morgan fingerprint density at radius 3 is 2.89 bits per heavy atom. The van der Waals surface area contributed by atoms with Crippen molar-refractivity contribution in [1.29, 1.82) is 0 Å². The Morgan fingerprint density at radius 2 is 2.22 bits per heavy atom. The van der Waals surface area contributed by atoms with E-state index in [1.54, 1.807) is 36.7 Å². The molecule has 0 aliphatic heterocycles. The first-order valence-corrected chi connectivity index (χ1v) is 5.74. The summed E-state index contributed by atoms with van der Waals surface area (Å²) in [7, 11) is 0. The monoisotopic (exact) mass is 260 g/mol. The number of aromatic amines is 1. The number of thiocarbonyl (C=S) groups is 1. The number of nitrogens with two attached hydrogens (primary N) is 1. The number of imidazole rings is 1. The van der Waals surface area contributed by atoms with Crippen molar-refractivity contribution in [1.82, 2.24) is 15.3 Å². The number of hydrogen-bond donors (Lipinski definition) is 3. The molecular formula is C12H12N4OS. The summed E-state index contributed by atoms with van der Waals surface area (Å²) >= 11 is 4.87. The standard InChI is InChI=1S/C12H12N4OS/c13-11(18)8-2-1-3-9(6-8)12(17)16-7-10-14-4-5-15-10/h1-6H,7H2,(H2,13,18)(H,14,15)(H,16,17). The van der Waals surface area contributed by atoms with Crippen LogP contribution in [0.1, 0.15) is 21.7 Å². The van der Waals surface area contributed by atoms with Gasteiger partial charge in [0.15, 0.2) is 0 Å². The summed E-state index contributed by atoms with van der Waals surface area (Å²) in [5, 5.41) is 2.75.